The Morgan fingerprint density at radius 3 is 2.13 bits per heavy atom. The minimum absolute atomic E-state index is 0.0577. The summed E-state index contributed by atoms with van der Waals surface area (Å²) in [6, 6.07) is 11.4. The molecule has 1 unspecified atom stereocenters. The van der Waals surface area contributed by atoms with Crippen molar-refractivity contribution < 1.29 is 50.7 Å². The van der Waals surface area contributed by atoms with Gasteiger partial charge in [-0.1, -0.05) is 61.7 Å². The van der Waals surface area contributed by atoms with E-state index < -0.39 is 47.5 Å². The van der Waals surface area contributed by atoms with Crippen molar-refractivity contribution in [1.82, 2.24) is 21.0 Å². The van der Waals surface area contributed by atoms with E-state index in [0.29, 0.717) is 18.2 Å². The zero-order valence-electron chi connectivity index (χ0n) is 30.9. The van der Waals surface area contributed by atoms with Crippen LogP contribution in [0.2, 0.25) is 0 Å². The molecule has 17 heteroatoms. The largest absolute Gasteiger partial charge is 0.490 e. The number of amides is 2. The lowest BCUT2D eigenvalue weighted by molar-refractivity contribution is -0.192. The molecule has 2 amide bonds. The lowest BCUT2D eigenvalue weighted by Crippen LogP contribution is -2.53. The molecule has 1 saturated carbocycles. The number of likely N-dealkylation sites (tertiary alicyclic amines) is 1. The summed E-state index contributed by atoms with van der Waals surface area (Å²) in [6.45, 7) is 7.45. The highest BCUT2D eigenvalue weighted by atomic mass is 19.4. The van der Waals surface area contributed by atoms with E-state index in [1.54, 1.807) is 13.0 Å². The molecule has 1 aliphatic carbocycles. The van der Waals surface area contributed by atoms with Crippen LogP contribution < -0.4 is 16.1 Å². The summed E-state index contributed by atoms with van der Waals surface area (Å²) >= 11 is 0. The summed E-state index contributed by atoms with van der Waals surface area (Å²) in [7, 11) is 0. The summed E-state index contributed by atoms with van der Waals surface area (Å²) in [4.78, 5) is 48.8. The topological polar surface area (TPSA) is 156 Å². The highest BCUT2D eigenvalue weighted by molar-refractivity contribution is 5.99. The van der Waals surface area contributed by atoms with Gasteiger partial charge < -0.3 is 20.6 Å². The van der Waals surface area contributed by atoms with Gasteiger partial charge in [0.15, 0.2) is 11.6 Å². The van der Waals surface area contributed by atoms with Gasteiger partial charge in [-0.15, -0.1) is 0 Å². The van der Waals surface area contributed by atoms with Crippen molar-refractivity contribution >= 4 is 29.5 Å². The lowest BCUT2D eigenvalue weighted by Gasteiger charge is -2.34. The van der Waals surface area contributed by atoms with Crippen molar-refractivity contribution in [3.63, 3.8) is 0 Å². The first-order chi connectivity index (χ1) is 25.7. The standard InChI is InChI=1S/C36H47F3N6O3.C2HF3O2/c1-23(40)45-18-16-25(17-19-45)22-41-34(47)31(26-8-5-4-6-9-26)42-33(46)30(28-10-7-11-29(21-28)36(37,38)39)20-24-12-14-27(15-13-24)32-43-35(2,3)48-44-32;3-2(4,5)1(6)7/h7,10-15,21,25-26,30-31,40H,4-6,8-9,16-20,22H2,1-3H3,(H,41,47)(H,42,46)(H,43,44);(H,6,7)/t30?,31-;/m0./s1. The maximum atomic E-state index is 14.2. The number of hydroxylamine groups is 1. The number of hydrogen-bond donors (Lipinski definition) is 5. The van der Waals surface area contributed by atoms with E-state index >= 15 is 0 Å². The van der Waals surface area contributed by atoms with E-state index in [-0.39, 0.29) is 29.7 Å². The van der Waals surface area contributed by atoms with Crippen LogP contribution in [0.5, 0.6) is 0 Å². The number of carboxylic acid groups (broad SMARTS) is 1. The molecule has 0 radical (unpaired) electrons. The number of carbonyl (C=O) groups is 3. The highest BCUT2D eigenvalue weighted by Gasteiger charge is 2.38. The third kappa shape index (κ3) is 12.7. The molecule has 2 atom stereocenters. The predicted octanol–water partition coefficient (Wildman–Crippen LogP) is 6.57. The Balaban J connectivity index is 0.000000876. The van der Waals surface area contributed by atoms with Gasteiger partial charge in [-0.25, -0.2) is 20.1 Å². The van der Waals surface area contributed by atoms with Crippen LogP contribution in [0.3, 0.4) is 0 Å². The number of benzene rings is 2. The highest BCUT2D eigenvalue weighted by Crippen LogP contribution is 2.33. The first kappa shape index (κ1) is 43.1. The molecule has 0 spiro atoms. The third-order valence-corrected chi connectivity index (χ3v) is 9.98. The number of carbonyl (C=O) groups excluding carboxylic acids is 2. The van der Waals surface area contributed by atoms with Crippen LogP contribution in [0.4, 0.5) is 26.3 Å². The second-order valence-corrected chi connectivity index (χ2v) is 14.6. The Bertz CT molecular complexity index is 1680. The molecule has 1 saturated heterocycles. The number of amidine groups is 2. The van der Waals surface area contributed by atoms with Crippen molar-refractivity contribution in [1.29, 1.82) is 5.41 Å². The van der Waals surface area contributed by atoms with Crippen molar-refractivity contribution in [3.05, 3.63) is 70.8 Å². The van der Waals surface area contributed by atoms with Gasteiger partial charge in [0.05, 0.1) is 17.3 Å². The van der Waals surface area contributed by atoms with E-state index in [1.807, 2.05) is 43.0 Å². The third-order valence-electron chi connectivity index (χ3n) is 9.98. The number of halogens is 6. The smallest absolute Gasteiger partial charge is 0.475 e. The van der Waals surface area contributed by atoms with E-state index in [9.17, 15) is 35.9 Å². The Labute approximate surface area is 315 Å². The fourth-order valence-corrected chi connectivity index (χ4v) is 6.89. The second kappa shape index (κ2) is 18.3. The van der Waals surface area contributed by atoms with Crippen LogP contribution in [0.15, 0.2) is 53.5 Å². The van der Waals surface area contributed by atoms with Crippen molar-refractivity contribution in [3.8, 4) is 0 Å². The normalized spacial score (nSPS) is 18.9. The fourth-order valence-electron chi connectivity index (χ4n) is 6.89. The maximum absolute atomic E-state index is 14.2. The maximum Gasteiger partial charge on any atom is 0.490 e. The quantitative estimate of drug-likeness (QED) is 0.104. The molecule has 0 aromatic heterocycles. The van der Waals surface area contributed by atoms with Crippen LogP contribution in [-0.2, 0) is 31.8 Å². The number of alkyl halides is 6. The molecular formula is C38H48F6N6O5. The van der Waals surface area contributed by atoms with E-state index in [2.05, 4.69) is 21.1 Å². The average Bonchev–Trinajstić information content (AvgIpc) is 3.51. The number of piperidine rings is 1. The molecule has 2 aromatic carbocycles. The Morgan fingerprint density at radius 1 is 0.982 bits per heavy atom. The summed E-state index contributed by atoms with van der Waals surface area (Å²) in [5, 5.41) is 21.1. The van der Waals surface area contributed by atoms with Gasteiger partial charge in [-0.3, -0.25) is 15.0 Å². The molecule has 3 aliphatic rings. The molecular weight excluding hydrogens is 734 g/mol. The molecule has 5 N–H and O–H groups in total. The zero-order chi connectivity index (χ0) is 40.6. The van der Waals surface area contributed by atoms with Gasteiger partial charge in [-0.2, -0.15) is 26.3 Å². The fraction of sp³-hybridized carbons (Fsp3) is 0.553. The first-order valence-electron chi connectivity index (χ1n) is 18.2. The minimum atomic E-state index is -5.08. The molecule has 2 fully saturated rings. The van der Waals surface area contributed by atoms with Gasteiger partial charge in [0.25, 0.3) is 0 Å². The summed E-state index contributed by atoms with van der Waals surface area (Å²) < 4.78 is 73.0. The summed E-state index contributed by atoms with van der Waals surface area (Å²) in [6.07, 6.45) is -3.22. The minimum Gasteiger partial charge on any atom is -0.475 e. The van der Waals surface area contributed by atoms with E-state index in [1.165, 1.54) is 6.07 Å². The lowest BCUT2D eigenvalue weighted by atomic mass is 9.82. The predicted molar refractivity (Wildman–Crippen MR) is 192 cm³/mol. The van der Waals surface area contributed by atoms with E-state index in [0.717, 1.165) is 81.3 Å². The molecule has 2 aliphatic heterocycles. The molecule has 55 heavy (non-hydrogen) atoms. The second-order valence-electron chi connectivity index (χ2n) is 14.6. The Hall–Kier alpha value is -4.67. The SMILES string of the molecule is CC(=N)N1CCC(CNC(=O)[C@@H](NC(=O)C(Cc2ccc(C3=NC(C)(C)ON3)cc2)c2cccc(C(F)(F)F)c2)C2CCCCC2)CC1.O=C(O)C(F)(F)F. The number of nitrogens with zero attached hydrogens (tertiary/aromatic N) is 2. The van der Waals surface area contributed by atoms with Gasteiger partial charge in [0.1, 0.15) is 6.04 Å². The molecule has 302 valence electrons. The van der Waals surface area contributed by atoms with Crippen LogP contribution in [0, 0.1) is 17.2 Å². The number of rotatable bonds is 10. The van der Waals surface area contributed by atoms with Crippen LogP contribution in [0.25, 0.3) is 0 Å². The van der Waals surface area contributed by atoms with Crippen molar-refractivity contribution in [2.24, 2.45) is 16.8 Å². The summed E-state index contributed by atoms with van der Waals surface area (Å²) in [5.74, 6) is -3.12. The number of nitrogens with one attached hydrogen (secondary N) is 4. The van der Waals surface area contributed by atoms with Gasteiger partial charge in [-0.05, 0) is 81.9 Å². The first-order valence-corrected chi connectivity index (χ1v) is 18.2. The molecule has 11 nitrogen and oxygen atoms in total. The van der Waals surface area contributed by atoms with Crippen LogP contribution in [-0.4, -0.2) is 77.0 Å². The van der Waals surface area contributed by atoms with Gasteiger partial charge in [0.2, 0.25) is 11.8 Å². The van der Waals surface area contributed by atoms with Gasteiger partial charge in [0, 0.05) is 25.2 Å². The van der Waals surface area contributed by atoms with E-state index in [4.69, 9.17) is 20.1 Å². The van der Waals surface area contributed by atoms with Crippen molar-refractivity contribution in [2.45, 2.75) is 102 Å². The molecule has 2 aromatic rings. The number of aliphatic carboxylic acids is 1. The number of aliphatic imine (C=N–C) groups is 1. The van der Waals surface area contributed by atoms with Gasteiger partial charge >= 0.3 is 18.3 Å². The molecule has 2 heterocycles. The van der Waals surface area contributed by atoms with Crippen molar-refractivity contribution in [2.75, 3.05) is 19.6 Å². The zero-order valence-corrected chi connectivity index (χ0v) is 30.9. The Kier molecular flexibility index (Phi) is 14.3. The average molecular weight is 783 g/mol. The number of carboxylic acids is 1. The molecule has 5 rings (SSSR count). The van der Waals surface area contributed by atoms with Crippen LogP contribution >= 0.6 is 0 Å². The Morgan fingerprint density at radius 2 is 1.60 bits per heavy atom. The van der Waals surface area contributed by atoms with Crippen LogP contribution in [0.1, 0.15) is 93.9 Å². The molecule has 0 bridgehead atoms. The number of hydrogen-bond acceptors (Lipinski definition) is 7. The monoisotopic (exact) mass is 782 g/mol. The summed E-state index contributed by atoms with van der Waals surface area (Å²) in [5.41, 5.74) is 3.04.